The first-order chi connectivity index (χ1) is 16.7. The first-order valence-electron chi connectivity index (χ1n) is 11.3. The Morgan fingerprint density at radius 1 is 1.06 bits per heavy atom. The molecule has 0 unspecified atom stereocenters. The van der Waals surface area contributed by atoms with Crippen LogP contribution in [0.1, 0.15) is 12.7 Å². The molecule has 5 aromatic rings. The molecule has 9 heteroatoms. The summed E-state index contributed by atoms with van der Waals surface area (Å²) in [6.45, 7) is 4.82. The number of H-pyrrole nitrogens is 1. The molecule has 1 aliphatic heterocycles. The number of aromatic amines is 1. The van der Waals surface area contributed by atoms with Gasteiger partial charge < -0.3 is 14.6 Å². The average molecular weight is 460 g/mol. The van der Waals surface area contributed by atoms with Gasteiger partial charge in [-0.15, -0.1) is 0 Å². The highest BCUT2D eigenvalue weighted by molar-refractivity contribution is 5.98. The number of ether oxygens (including phenoxy) is 1. The van der Waals surface area contributed by atoms with Crippen LogP contribution in [0.25, 0.3) is 38.9 Å². The lowest BCUT2D eigenvalue weighted by atomic mass is 10.1. The van der Waals surface area contributed by atoms with Gasteiger partial charge >= 0.3 is 0 Å². The van der Waals surface area contributed by atoms with E-state index in [0.29, 0.717) is 25.3 Å². The summed E-state index contributed by atoms with van der Waals surface area (Å²) < 4.78 is 37.1. The molecular weight excluding hydrogens is 438 g/mol. The van der Waals surface area contributed by atoms with Crippen LogP contribution >= 0.6 is 0 Å². The van der Waals surface area contributed by atoms with Crippen molar-refractivity contribution in [1.82, 2.24) is 24.5 Å². The molecule has 7 nitrogen and oxygen atoms in total. The maximum atomic E-state index is 15.1. The number of fused-ring (bicyclic) bond motifs is 2. The van der Waals surface area contributed by atoms with Crippen LogP contribution in [0, 0.1) is 11.6 Å². The summed E-state index contributed by atoms with van der Waals surface area (Å²) in [7, 11) is 0. The van der Waals surface area contributed by atoms with Crippen LogP contribution in [0.2, 0.25) is 0 Å². The van der Waals surface area contributed by atoms with Crippen molar-refractivity contribution in [3.8, 4) is 16.9 Å². The fourth-order valence-corrected chi connectivity index (χ4v) is 4.69. The molecule has 0 amide bonds. The number of aryl methyl sites for hydroxylation is 1. The first-order valence-corrected chi connectivity index (χ1v) is 11.3. The quantitative estimate of drug-likeness (QED) is 0.423. The maximum Gasteiger partial charge on any atom is 0.149 e. The lowest BCUT2D eigenvalue weighted by Gasteiger charge is -2.29. The summed E-state index contributed by atoms with van der Waals surface area (Å²) in [5, 5.41) is 0.136. The van der Waals surface area contributed by atoms with Gasteiger partial charge in [-0.1, -0.05) is 6.92 Å². The molecule has 0 saturated carbocycles. The Balaban J connectivity index is 1.70. The van der Waals surface area contributed by atoms with Crippen molar-refractivity contribution < 1.29 is 13.5 Å². The Labute approximate surface area is 194 Å². The molecule has 4 heterocycles. The first kappa shape index (κ1) is 20.7. The molecular formula is C25H22F2N6O. The van der Waals surface area contributed by atoms with Gasteiger partial charge in [0.2, 0.25) is 0 Å². The summed E-state index contributed by atoms with van der Waals surface area (Å²) in [5.41, 5.74) is 4.82. The Morgan fingerprint density at radius 2 is 1.88 bits per heavy atom. The number of halogens is 2. The summed E-state index contributed by atoms with van der Waals surface area (Å²) in [6.07, 6.45) is 5.51. The molecule has 0 spiro atoms. The number of nitrogens with zero attached hydrogens (tertiary/aromatic N) is 5. The Hall–Kier alpha value is -3.85. The highest BCUT2D eigenvalue weighted by atomic mass is 19.1. The van der Waals surface area contributed by atoms with E-state index < -0.39 is 11.6 Å². The number of hydrogen-bond acceptors (Lipinski definition) is 5. The van der Waals surface area contributed by atoms with Crippen LogP contribution in [0.15, 0.2) is 49.1 Å². The molecule has 1 fully saturated rings. The summed E-state index contributed by atoms with van der Waals surface area (Å²) in [6, 6.07) is 8.12. The van der Waals surface area contributed by atoms with Gasteiger partial charge in [-0.2, -0.15) is 0 Å². The molecule has 1 saturated heterocycles. The van der Waals surface area contributed by atoms with E-state index in [-0.39, 0.29) is 10.9 Å². The zero-order chi connectivity index (χ0) is 23.2. The minimum atomic E-state index is -0.562. The van der Waals surface area contributed by atoms with Crippen LogP contribution in [0.5, 0.6) is 0 Å². The van der Waals surface area contributed by atoms with Gasteiger partial charge in [0.1, 0.15) is 23.0 Å². The average Bonchev–Trinajstić information content (AvgIpc) is 3.54. The fraction of sp³-hybridized carbons (Fsp3) is 0.240. The zero-order valence-corrected chi connectivity index (χ0v) is 18.6. The molecule has 0 atom stereocenters. The lowest BCUT2D eigenvalue weighted by molar-refractivity contribution is 0.122. The lowest BCUT2D eigenvalue weighted by Crippen LogP contribution is -2.36. The van der Waals surface area contributed by atoms with E-state index in [9.17, 15) is 4.39 Å². The smallest absolute Gasteiger partial charge is 0.149 e. The van der Waals surface area contributed by atoms with Crippen LogP contribution < -0.4 is 4.90 Å². The number of rotatable bonds is 4. The molecule has 1 N–H and O–H groups in total. The summed E-state index contributed by atoms with van der Waals surface area (Å²) in [5.74, 6) is -0.347. The third-order valence-corrected chi connectivity index (χ3v) is 6.31. The number of anilines is 1. The predicted molar refractivity (Wildman–Crippen MR) is 126 cm³/mol. The van der Waals surface area contributed by atoms with Gasteiger partial charge in [-0.3, -0.25) is 9.55 Å². The Bertz CT molecular complexity index is 1510. The molecule has 0 bridgehead atoms. The minimum Gasteiger partial charge on any atom is -0.378 e. The standard InChI is InChI=1S/C25H22F2N6O/c1-2-22-31-24-16(19-13-28-14-30-19)11-15(32-7-9-34-10-8-32)12-21(24)33(22)20-5-6-29-25-18(27)4-3-17(26)23(20)25/h3-6,11-14H,2,7-10H2,1H3,(H,28,30). The molecule has 34 heavy (non-hydrogen) atoms. The van der Waals surface area contributed by atoms with Gasteiger partial charge in [0, 0.05) is 37.0 Å². The van der Waals surface area contributed by atoms with E-state index in [2.05, 4.69) is 32.0 Å². The van der Waals surface area contributed by atoms with Gasteiger partial charge in [0.15, 0.2) is 0 Å². The number of imidazole rings is 2. The second-order valence-corrected chi connectivity index (χ2v) is 8.23. The van der Waals surface area contributed by atoms with Crippen LogP contribution in [-0.4, -0.2) is 50.8 Å². The Kier molecular flexibility index (Phi) is 4.99. The number of morpholine rings is 1. The van der Waals surface area contributed by atoms with Gasteiger partial charge in [0.25, 0.3) is 0 Å². The normalized spacial score (nSPS) is 14.4. The highest BCUT2D eigenvalue weighted by Gasteiger charge is 2.22. The number of pyridine rings is 1. The third-order valence-electron chi connectivity index (χ3n) is 6.31. The minimum absolute atomic E-state index is 0.000437. The molecule has 0 radical (unpaired) electrons. The SMILES string of the molecule is CCc1nc2c(-c3cnc[nH]3)cc(N3CCOCC3)cc2n1-c1ccnc2c(F)ccc(F)c12. The number of benzene rings is 2. The molecule has 3 aromatic heterocycles. The summed E-state index contributed by atoms with van der Waals surface area (Å²) >= 11 is 0. The molecule has 6 rings (SSSR count). The van der Waals surface area contributed by atoms with Crippen LogP contribution in [0.3, 0.4) is 0 Å². The molecule has 0 aliphatic carbocycles. The largest absolute Gasteiger partial charge is 0.378 e. The van der Waals surface area contributed by atoms with E-state index in [1.165, 1.54) is 6.20 Å². The van der Waals surface area contributed by atoms with Crippen LogP contribution in [0.4, 0.5) is 14.5 Å². The molecule has 2 aromatic carbocycles. The molecule has 1 aliphatic rings. The van der Waals surface area contributed by atoms with E-state index in [4.69, 9.17) is 9.72 Å². The van der Waals surface area contributed by atoms with E-state index >= 15 is 4.39 Å². The Morgan fingerprint density at radius 3 is 2.65 bits per heavy atom. The zero-order valence-electron chi connectivity index (χ0n) is 18.6. The van der Waals surface area contributed by atoms with Gasteiger partial charge in [-0.05, 0) is 30.3 Å². The third kappa shape index (κ3) is 3.23. The monoisotopic (exact) mass is 460 g/mol. The second-order valence-electron chi connectivity index (χ2n) is 8.23. The highest BCUT2D eigenvalue weighted by Crippen LogP contribution is 2.36. The van der Waals surface area contributed by atoms with E-state index in [0.717, 1.165) is 59.0 Å². The predicted octanol–water partition coefficient (Wildman–Crippen LogP) is 4.64. The van der Waals surface area contributed by atoms with Gasteiger partial charge in [0.05, 0.1) is 53.5 Å². The van der Waals surface area contributed by atoms with Crippen molar-refractivity contribution in [1.29, 1.82) is 0 Å². The van der Waals surface area contributed by atoms with E-state index in [1.807, 2.05) is 11.5 Å². The number of aromatic nitrogens is 5. The van der Waals surface area contributed by atoms with Crippen molar-refractivity contribution in [2.75, 3.05) is 31.2 Å². The second kappa shape index (κ2) is 8.18. The van der Waals surface area contributed by atoms with Crippen molar-refractivity contribution in [3.05, 3.63) is 66.5 Å². The van der Waals surface area contributed by atoms with Crippen molar-refractivity contribution >= 4 is 27.6 Å². The van der Waals surface area contributed by atoms with Crippen LogP contribution in [-0.2, 0) is 11.2 Å². The number of nitrogens with one attached hydrogen (secondary N) is 1. The maximum absolute atomic E-state index is 15.1. The van der Waals surface area contributed by atoms with Gasteiger partial charge in [-0.25, -0.2) is 18.7 Å². The number of hydrogen-bond donors (Lipinski definition) is 1. The molecule has 172 valence electrons. The van der Waals surface area contributed by atoms with E-state index in [1.54, 1.807) is 18.6 Å². The topological polar surface area (TPSA) is 71.9 Å². The van der Waals surface area contributed by atoms with Crippen molar-refractivity contribution in [2.24, 2.45) is 0 Å². The summed E-state index contributed by atoms with van der Waals surface area (Å²) in [4.78, 5) is 18.7. The van der Waals surface area contributed by atoms with Crippen molar-refractivity contribution in [3.63, 3.8) is 0 Å². The fourth-order valence-electron chi connectivity index (χ4n) is 4.69. The van der Waals surface area contributed by atoms with Crippen molar-refractivity contribution in [2.45, 2.75) is 13.3 Å².